The molecule has 0 aliphatic rings. The second-order valence-electron chi connectivity index (χ2n) is 9.29. The fourth-order valence-corrected chi connectivity index (χ4v) is 3.94. The van der Waals surface area contributed by atoms with E-state index in [0.29, 0.717) is 15.8 Å². The second kappa shape index (κ2) is 11.6. The average molecular weight is 558 g/mol. The summed E-state index contributed by atoms with van der Waals surface area (Å²) < 4.78 is 6.59. The highest BCUT2D eigenvalue weighted by Gasteiger charge is 2.27. The van der Waals surface area contributed by atoms with E-state index in [1.165, 1.54) is 4.90 Å². The summed E-state index contributed by atoms with van der Waals surface area (Å²) in [5, 5.41) is 3.67. The molecule has 0 saturated heterocycles. The van der Waals surface area contributed by atoms with Crippen LogP contribution in [0.1, 0.15) is 52.7 Å². The van der Waals surface area contributed by atoms with Gasteiger partial charge in [0.25, 0.3) is 5.91 Å². The zero-order chi connectivity index (χ0) is 24.9. The number of carbonyl (C=O) groups is 2. The van der Waals surface area contributed by atoms with Gasteiger partial charge in [-0.15, -0.1) is 0 Å². The number of halogens is 3. The number of ether oxygens (including phenoxy) is 1. The minimum Gasteiger partial charge on any atom is -0.483 e. The monoisotopic (exact) mass is 556 g/mol. The lowest BCUT2D eigenvalue weighted by atomic mass is 9.87. The number of nitrogens with zero attached hydrogens (tertiary/aromatic N) is 1. The molecular formula is C25H31BrCl2N2O3. The number of carbonyl (C=O) groups excluding carboxylic acids is 2. The summed E-state index contributed by atoms with van der Waals surface area (Å²) in [5.74, 6) is -0.00137. The Morgan fingerprint density at radius 1 is 1.06 bits per heavy atom. The topological polar surface area (TPSA) is 58.6 Å². The summed E-state index contributed by atoms with van der Waals surface area (Å²) in [6.45, 7) is 11.8. The number of nitrogens with one attached hydrogen (secondary N) is 1. The van der Waals surface area contributed by atoms with Gasteiger partial charge in [-0.3, -0.25) is 9.59 Å². The van der Waals surface area contributed by atoms with E-state index in [1.54, 1.807) is 25.1 Å². The normalized spacial score (nSPS) is 12.4. The van der Waals surface area contributed by atoms with Crippen molar-refractivity contribution in [2.45, 2.75) is 65.6 Å². The van der Waals surface area contributed by atoms with Gasteiger partial charge in [0.2, 0.25) is 5.91 Å². The van der Waals surface area contributed by atoms with Crippen LogP contribution >= 0.6 is 39.1 Å². The highest BCUT2D eigenvalue weighted by atomic mass is 79.9. The van der Waals surface area contributed by atoms with Crippen molar-refractivity contribution in [1.29, 1.82) is 0 Å². The minimum atomic E-state index is -0.704. The van der Waals surface area contributed by atoms with Crippen LogP contribution in [0, 0.1) is 0 Å². The van der Waals surface area contributed by atoms with Crippen LogP contribution in [-0.2, 0) is 21.5 Å². The van der Waals surface area contributed by atoms with Crippen LogP contribution < -0.4 is 10.1 Å². The quantitative estimate of drug-likeness (QED) is 0.410. The first-order chi connectivity index (χ1) is 15.3. The van der Waals surface area contributed by atoms with E-state index in [-0.39, 0.29) is 36.4 Å². The lowest BCUT2D eigenvalue weighted by Crippen LogP contribution is -2.50. The number of hydrogen-bond acceptors (Lipinski definition) is 3. The summed E-state index contributed by atoms with van der Waals surface area (Å²) in [7, 11) is 0. The van der Waals surface area contributed by atoms with Crippen LogP contribution in [0.4, 0.5) is 0 Å². The Bertz CT molecular complexity index is 1010. The van der Waals surface area contributed by atoms with Crippen molar-refractivity contribution in [3.63, 3.8) is 0 Å². The second-order valence-corrected chi connectivity index (χ2v) is 11.0. The SMILES string of the molecule is CC(C)NC(=O)[C@H](C)N(Cc1ccc(Cl)c(Cl)c1)C(=O)COc1ccc(C(C)(C)C)cc1Br. The first kappa shape index (κ1) is 27.5. The van der Waals surface area contributed by atoms with Gasteiger partial charge in [-0.1, -0.05) is 56.1 Å². The molecule has 0 spiro atoms. The molecule has 1 atom stereocenters. The van der Waals surface area contributed by atoms with E-state index < -0.39 is 6.04 Å². The minimum absolute atomic E-state index is 0.00721. The van der Waals surface area contributed by atoms with Crippen molar-refractivity contribution in [3.8, 4) is 5.75 Å². The highest BCUT2D eigenvalue weighted by Crippen LogP contribution is 2.31. The van der Waals surface area contributed by atoms with Gasteiger partial charge in [0.1, 0.15) is 11.8 Å². The maximum atomic E-state index is 13.2. The Balaban J connectivity index is 2.22. The summed E-state index contributed by atoms with van der Waals surface area (Å²) >= 11 is 15.7. The largest absolute Gasteiger partial charge is 0.483 e. The molecule has 0 aliphatic carbocycles. The Morgan fingerprint density at radius 3 is 2.27 bits per heavy atom. The van der Waals surface area contributed by atoms with Gasteiger partial charge >= 0.3 is 0 Å². The summed E-state index contributed by atoms with van der Waals surface area (Å²) in [6.07, 6.45) is 0. The highest BCUT2D eigenvalue weighted by molar-refractivity contribution is 9.10. The van der Waals surface area contributed by atoms with Crippen LogP contribution in [0.5, 0.6) is 5.75 Å². The molecule has 1 N–H and O–H groups in total. The first-order valence-electron chi connectivity index (χ1n) is 10.8. The van der Waals surface area contributed by atoms with Gasteiger partial charge < -0.3 is 15.0 Å². The molecule has 8 heteroatoms. The van der Waals surface area contributed by atoms with Gasteiger partial charge in [0, 0.05) is 12.6 Å². The zero-order valence-electron chi connectivity index (χ0n) is 19.8. The maximum absolute atomic E-state index is 13.2. The molecule has 0 fully saturated rings. The van der Waals surface area contributed by atoms with Crippen LogP contribution in [0.2, 0.25) is 10.0 Å². The van der Waals surface area contributed by atoms with Crippen LogP contribution in [-0.4, -0.2) is 35.4 Å². The molecule has 5 nitrogen and oxygen atoms in total. The smallest absolute Gasteiger partial charge is 0.261 e. The summed E-state index contributed by atoms with van der Waals surface area (Å²) in [6, 6.07) is 10.2. The van der Waals surface area contributed by atoms with Crippen molar-refractivity contribution in [1.82, 2.24) is 10.2 Å². The Labute approximate surface area is 214 Å². The van der Waals surface area contributed by atoms with Gasteiger partial charge in [-0.05, 0) is 77.5 Å². The van der Waals surface area contributed by atoms with Crippen molar-refractivity contribution in [2.75, 3.05) is 6.61 Å². The molecule has 2 aromatic carbocycles. The van der Waals surface area contributed by atoms with E-state index >= 15 is 0 Å². The molecule has 2 amide bonds. The molecule has 0 aliphatic heterocycles. The number of benzene rings is 2. The molecular weight excluding hydrogens is 527 g/mol. The van der Waals surface area contributed by atoms with Crippen molar-refractivity contribution in [2.24, 2.45) is 0 Å². The molecule has 0 bridgehead atoms. The summed E-state index contributed by atoms with van der Waals surface area (Å²) in [5.41, 5.74) is 1.90. The Hall–Kier alpha value is -1.76. The van der Waals surface area contributed by atoms with E-state index in [0.717, 1.165) is 15.6 Å². The zero-order valence-corrected chi connectivity index (χ0v) is 22.9. The first-order valence-corrected chi connectivity index (χ1v) is 12.3. The maximum Gasteiger partial charge on any atom is 0.261 e. The van der Waals surface area contributed by atoms with Gasteiger partial charge in [0.05, 0.1) is 14.5 Å². The standard InChI is InChI=1S/C25H31BrCl2N2O3/c1-15(2)29-24(32)16(3)30(13-17-7-9-20(27)21(28)11-17)23(31)14-33-22-10-8-18(12-19(22)26)25(4,5)6/h7-12,15-16H,13-14H2,1-6H3,(H,29,32)/t16-/m0/s1. The van der Waals surface area contributed by atoms with E-state index in [2.05, 4.69) is 42.0 Å². The van der Waals surface area contributed by atoms with Crippen LogP contribution in [0.15, 0.2) is 40.9 Å². The van der Waals surface area contributed by atoms with E-state index in [1.807, 2.05) is 32.0 Å². The molecule has 2 aromatic rings. The molecule has 0 saturated carbocycles. The molecule has 180 valence electrons. The molecule has 33 heavy (non-hydrogen) atoms. The number of rotatable bonds is 8. The van der Waals surface area contributed by atoms with Crippen molar-refractivity contribution < 1.29 is 14.3 Å². The molecule has 0 aromatic heterocycles. The Kier molecular flexibility index (Phi) is 9.65. The molecule has 0 radical (unpaired) electrons. The van der Waals surface area contributed by atoms with Gasteiger partial charge in [-0.2, -0.15) is 0 Å². The fraction of sp³-hybridized carbons (Fsp3) is 0.440. The van der Waals surface area contributed by atoms with Crippen molar-refractivity contribution >= 4 is 50.9 Å². The molecule has 0 heterocycles. The van der Waals surface area contributed by atoms with Crippen LogP contribution in [0.3, 0.4) is 0 Å². The predicted molar refractivity (Wildman–Crippen MR) is 138 cm³/mol. The predicted octanol–water partition coefficient (Wildman–Crippen LogP) is 6.37. The lowest BCUT2D eigenvalue weighted by Gasteiger charge is -2.29. The van der Waals surface area contributed by atoms with Gasteiger partial charge in [0.15, 0.2) is 6.61 Å². The molecule has 2 rings (SSSR count). The summed E-state index contributed by atoms with van der Waals surface area (Å²) in [4.78, 5) is 27.3. The van der Waals surface area contributed by atoms with Crippen molar-refractivity contribution in [3.05, 3.63) is 62.0 Å². The lowest BCUT2D eigenvalue weighted by molar-refractivity contribution is -0.142. The third-order valence-corrected chi connectivity index (χ3v) is 6.44. The van der Waals surface area contributed by atoms with E-state index in [9.17, 15) is 9.59 Å². The average Bonchev–Trinajstić information content (AvgIpc) is 2.71. The third kappa shape index (κ3) is 7.90. The Morgan fingerprint density at radius 2 is 1.73 bits per heavy atom. The van der Waals surface area contributed by atoms with E-state index in [4.69, 9.17) is 27.9 Å². The van der Waals surface area contributed by atoms with Gasteiger partial charge in [-0.25, -0.2) is 0 Å². The fourth-order valence-electron chi connectivity index (χ4n) is 3.13. The van der Waals surface area contributed by atoms with Crippen LogP contribution in [0.25, 0.3) is 0 Å². The number of hydrogen-bond donors (Lipinski definition) is 1. The third-order valence-electron chi connectivity index (χ3n) is 5.08. The number of amides is 2. The molecule has 0 unspecified atom stereocenters.